The molecule has 0 aliphatic rings. The van der Waals surface area contributed by atoms with Gasteiger partial charge in [0.1, 0.15) is 0 Å². The van der Waals surface area contributed by atoms with Gasteiger partial charge in [-0.05, 0) is 0 Å². The third-order valence-electron chi connectivity index (χ3n) is 0. The molecular weight excluding hydrogens is 518 g/mol. The molecule has 0 nitrogen and oxygen atoms in total. The molecule has 0 fully saturated rings. The van der Waals surface area contributed by atoms with Crippen molar-refractivity contribution in [2.75, 3.05) is 0 Å². The van der Waals surface area contributed by atoms with Gasteiger partial charge in [-0.15, -0.1) is 0 Å². The first-order chi connectivity index (χ1) is 0. The summed E-state index contributed by atoms with van der Waals surface area (Å²) in [6, 6.07) is 0. The zero-order valence-electron chi connectivity index (χ0n) is 1.15. The second-order valence-electron chi connectivity index (χ2n) is 0. The van der Waals surface area contributed by atoms with Crippen LogP contribution in [0.2, 0.25) is 0 Å². The van der Waals surface area contributed by atoms with E-state index < -0.39 is 0 Å². The third-order valence-corrected chi connectivity index (χ3v) is 0. The minimum Gasteiger partial charge on any atom is 0 e. The summed E-state index contributed by atoms with van der Waals surface area (Å²) in [7, 11) is 0. The molecule has 0 amide bonds. The normalized spacial score (nSPS) is 0. The summed E-state index contributed by atoms with van der Waals surface area (Å²) >= 11 is 0. The van der Waals surface area contributed by atoms with Crippen molar-refractivity contribution in [2.24, 2.45) is 0 Å². The van der Waals surface area contributed by atoms with E-state index >= 15 is 0 Å². The van der Waals surface area contributed by atoms with Gasteiger partial charge in [-0.3, -0.25) is 0 Å². The molecule has 0 N–H and O–H groups in total. The van der Waals surface area contributed by atoms with Gasteiger partial charge in [-0.25, -0.2) is 0 Å². The van der Waals surface area contributed by atoms with E-state index in [1.807, 2.05) is 0 Å². The maximum atomic E-state index is 0. The molecule has 0 heterocycles. The quantitative estimate of drug-likeness (QED) is 0.296. The molecule has 4 heavy (non-hydrogen) atoms. The fourth-order valence-electron chi connectivity index (χ4n) is 0. The van der Waals surface area contributed by atoms with Crippen LogP contribution in [-0.4, -0.2) is 109 Å². The molecule has 0 aromatic rings. The van der Waals surface area contributed by atoms with Crippen LogP contribution in [-0.2, 0) is 22.4 Å². The Labute approximate surface area is 128 Å². The molecule has 1 radical (unpaired) electrons. The van der Waals surface area contributed by atoms with Gasteiger partial charge in [-0.2, -0.15) is 0 Å². The molecule has 0 aliphatic heterocycles. The second-order valence-corrected chi connectivity index (χ2v) is 0. The molecule has 0 rings (SSSR count). The van der Waals surface area contributed by atoms with E-state index in [0.717, 1.165) is 0 Å². The van der Waals surface area contributed by atoms with Gasteiger partial charge in [-0.1, -0.05) is 0 Å². The first-order valence-corrected chi connectivity index (χ1v) is 0. The summed E-state index contributed by atoms with van der Waals surface area (Å²) in [5, 5.41) is 0. The Morgan fingerprint density at radius 2 is 1.00 bits per heavy atom. The first kappa shape index (κ1) is 23.8. The third kappa shape index (κ3) is 9.61. The second kappa shape index (κ2) is 15.7. The minimum absolute atomic E-state index is 0. The van der Waals surface area contributed by atoms with Crippen molar-refractivity contribution in [2.45, 2.75) is 0 Å². The van der Waals surface area contributed by atoms with Crippen molar-refractivity contribution in [1.29, 1.82) is 0 Å². The van der Waals surface area contributed by atoms with Gasteiger partial charge >= 0.3 is 109 Å². The van der Waals surface area contributed by atoms with Crippen LogP contribution >= 0.6 is 0 Å². The van der Waals surface area contributed by atoms with Crippen molar-refractivity contribution >= 4 is 109 Å². The number of hydrogen-bond acceptors (Lipinski definition) is 0. The molecule has 0 saturated carbocycles. The van der Waals surface area contributed by atoms with Crippen LogP contribution in [0.15, 0.2) is 0 Å². The minimum atomic E-state index is 0. The molecule has 0 spiro atoms. The van der Waals surface area contributed by atoms with Crippen LogP contribution < -0.4 is 0 Å². The molecular formula is H7BiCaSrTa. The Bertz CT molecular complexity index is 8.00. The summed E-state index contributed by atoms with van der Waals surface area (Å²) in [5.74, 6) is 0. The number of hydrogen-bond donors (Lipinski definition) is 0. The van der Waals surface area contributed by atoms with Gasteiger partial charge < -0.3 is 0 Å². The Morgan fingerprint density at radius 1 is 1.00 bits per heavy atom. The molecule has 4 heteroatoms. The topological polar surface area (TPSA) is 0 Å². The van der Waals surface area contributed by atoms with Crippen molar-refractivity contribution in [3.8, 4) is 0 Å². The summed E-state index contributed by atoms with van der Waals surface area (Å²) < 4.78 is 0. The Balaban J connectivity index is 0. The van der Waals surface area contributed by atoms with Gasteiger partial charge in [0.2, 0.25) is 0 Å². The smallest absolute Gasteiger partial charge is 0 e. The molecule has 0 aromatic carbocycles. The van der Waals surface area contributed by atoms with E-state index in [1.165, 1.54) is 0 Å². The van der Waals surface area contributed by atoms with Crippen LogP contribution in [0.5, 0.6) is 0 Å². The van der Waals surface area contributed by atoms with E-state index in [2.05, 4.69) is 0 Å². The van der Waals surface area contributed by atoms with Crippen molar-refractivity contribution in [3.63, 3.8) is 0 Å². The zero-order valence-corrected chi connectivity index (χ0v) is 9.87. The average molecular weight is 525 g/mol. The SMILES string of the molecule is [BiH3].[CaH2].[SrH2].[Ta]. The van der Waals surface area contributed by atoms with Gasteiger partial charge in [0, 0.05) is 22.4 Å². The fraction of sp³-hybridized carbons (Fsp3) is 0. The molecule has 0 saturated heterocycles. The molecule has 0 atom stereocenters. The van der Waals surface area contributed by atoms with Crippen molar-refractivity contribution < 1.29 is 22.4 Å². The first-order valence-electron chi connectivity index (χ1n) is 0. The molecule has 0 unspecified atom stereocenters. The van der Waals surface area contributed by atoms with E-state index in [1.54, 1.807) is 0 Å². The standard InChI is InChI=1S/Bi.Ca.Sr.Ta.7H. The van der Waals surface area contributed by atoms with Crippen LogP contribution in [0, 0.1) is 0 Å². The largest absolute Gasteiger partial charge is 0 e. The monoisotopic (exact) mass is 525 g/mol. The van der Waals surface area contributed by atoms with Crippen LogP contribution in [0.4, 0.5) is 0 Å². The average Bonchev–Trinajstić information content (AvgIpc) is 0. The van der Waals surface area contributed by atoms with Crippen LogP contribution in [0.3, 0.4) is 0 Å². The van der Waals surface area contributed by atoms with Gasteiger partial charge in [0.15, 0.2) is 0 Å². The Morgan fingerprint density at radius 3 is 1.00 bits per heavy atom. The van der Waals surface area contributed by atoms with Crippen molar-refractivity contribution in [3.05, 3.63) is 0 Å². The molecule has 21 valence electrons. The maximum Gasteiger partial charge on any atom is 0 e. The Hall–Kier alpha value is 4.36. The van der Waals surface area contributed by atoms with E-state index in [-0.39, 0.29) is 132 Å². The molecule has 0 aliphatic carbocycles. The summed E-state index contributed by atoms with van der Waals surface area (Å²) in [4.78, 5) is 0. The van der Waals surface area contributed by atoms with Crippen LogP contribution in [0.25, 0.3) is 0 Å². The Kier molecular flexibility index (Phi) is 93.2. The molecule has 0 bridgehead atoms. The summed E-state index contributed by atoms with van der Waals surface area (Å²) in [5.41, 5.74) is 0. The van der Waals surface area contributed by atoms with Gasteiger partial charge in [0.05, 0.1) is 0 Å². The van der Waals surface area contributed by atoms with Crippen LogP contribution in [0.1, 0.15) is 0 Å². The predicted molar refractivity (Wildman–Crippen MR) is 27.0 cm³/mol. The summed E-state index contributed by atoms with van der Waals surface area (Å²) in [6.07, 6.45) is 0. The maximum absolute atomic E-state index is 0. The molecule has 0 aromatic heterocycles. The summed E-state index contributed by atoms with van der Waals surface area (Å²) in [6.45, 7) is 0. The van der Waals surface area contributed by atoms with Gasteiger partial charge in [0.25, 0.3) is 0 Å². The predicted octanol–water partition coefficient (Wildman–Crippen LogP) is -3.02. The fourth-order valence-corrected chi connectivity index (χ4v) is 0. The van der Waals surface area contributed by atoms with E-state index in [9.17, 15) is 0 Å². The van der Waals surface area contributed by atoms with Crippen molar-refractivity contribution in [1.82, 2.24) is 0 Å². The number of rotatable bonds is 0. The van der Waals surface area contributed by atoms with E-state index in [4.69, 9.17) is 0 Å². The zero-order chi connectivity index (χ0) is 0. The van der Waals surface area contributed by atoms with E-state index in [0.29, 0.717) is 0 Å².